The lowest BCUT2D eigenvalue weighted by Gasteiger charge is -2.25. The third-order valence-corrected chi connectivity index (χ3v) is 4.36. The van der Waals surface area contributed by atoms with Crippen LogP contribution in [0.5, 0.6) is 0 Å². The van der Waals surface area contributed by atoms with E-state index in [-0.39, 0.29) is 31.0 Å². The molecule has 0 fully saturated rings. The number of aryl methyl sites for hydroxylation is 1. The molecule has 2 aromatic carbocycles. The van der Waals surface area contributed by atoms with Crippen LogP contribution in [0.1, 0.15) is 29.2 Å². The number of hydrogen-bond acceptors (Lipinski definition) is 2. The van der Waals surface area contributed by atoms with Gasteiger partial charge in [-0.1, -0.05) is 36.4 Å². The lowest BCUT2D eigenvalue weighted by atomic mass is 10.1. The first-order valence-electron chi connectivity index (χ1n) is 8.16. The van der Waals surface area contributed by atoms with E-state index in [2.05, 4.69) is 5.32 Å². The summed E-state index contributed by atoms with van der Waals surface area (Å²) >= 11 is 0. The average Bonchev–Trinajstić information content (AvgIpc) is 2.97. The van der Waals surface area contributed by atoms with E-state index in [0.717, 1.165) is 29.5 Å². The Balaban J connectivity index is 1.70. The summed E-state index contributed by atoms with van der Waals surface area (Å²) in [5, 5.41) is 12.2. The zero-order valence-electron chi connectivity index (χ0n) is 13.4. The van der Waals surface area contributed by atoms with Gasteiger partial charge in [-0.3, -0.25) is 0 Å². The lowest BCUT2D eigenvalue weighted by molar-refractivity contribution is 0.170. The molecule has 1 atom stereocenters. The largest absolute Gasteiger partial charge is 0.395 e. The van der Waals surface area contributed by atoms with Gasteiger partial charge in [0.25, 0.3) is 0 Å². The SMILES string of the molecule is O=C(NC1CCc2ccc(F)cc21)N(CCO)Cc1ccccc1. The topological polar surface area (TPSA) is 52.6 Å². The summed E-state index contributed by atoms with van der Waals surface area (Å²) in [5.74, 6) is -0.286. The quantitative estimate of drug-likeness (QED) is 0.886. The molecule has 1 aliphatic carbocycles. The highest BCUT2D eigenvalue weighted by atomic mass is 19.1. The van der Waals surface area contributed by atoms with E-state index >= 15 is 0 Å². The molecule has 2 amide bonds. The van der Waals surface area contributed by atoms with E-state index in [0.29, 0.717) is 6.54 Å². The van der Waals surface area contributed by atoms with Crippen LogP contribution in [0.25, 0.3) is 0 Å². The standard InChI is InChI=1S/C19H21FN2O2/c20-16-8-6-15-7-9-18(17(15)12-16)21-19(24)22(10-11-23)13-14-4-2-1-3-5-14/h1-6,8,12,18,23H,7,9-11,13H2,(H,21,24). The van der Waals surface area contributed by atoms with E-state index in [1.807, 2.05) is 30.3 Å². The Labute approximate surface area is 140 Å². The summed E-state index contributed by atoms with van der Waals surface area (Å²) in [6.45, 7) is 0.579. The van der Waals surface area contributed by atoms with Crippen LogP contribution in [0.4, 0.5) is 9.18 Å². The number of aliphatic hydroxyl groups excluding tert-OH is 1. The van der Waals surface area contributed by atoms with Crippen molar-refractivity contribution < 1.29 is 14.3 Å². The number of hydrogen-bond donors (Lipinski definition) is 2. The summed E-state index contributed by atoms with van der Waals surface area (Å²) in [4.78, 5) is 14.2. The Kier molecular flexibility index (Phi) is 5.11. The number of nitrogens with zero attached hydrogens (tertiary/aromatic N) is 1. The Hall–Kier alpha value is -2.40. The van der Waals surface area contributed by atoms with Gasteiger partial charge in [0.2, 0.25) is 0 Å². The number of amides is 2. The minimum Gasteiger partial charge on any atom is -0.395 e. The molecule has 0 radical (unpaired) electrons. The molecule has 1 unspecified atom stereocenters. The first kappa shape index (κ1) is 16.5. The van der Waals surface area contributed by atoms with Crippen molar-refractivity contribution >= 4 is 6.03 Å². The van der Waals surface area contributed by atoms with E-state index < -0.39 is 0 Å². The molecule has 5 heteroatoms. The number of halogens is 1. The Morgan fingerprint density at radius 3 is 2.79 bits per heavy atom. The molecule has 2 N–H and O–H groups in total. The number of fused-ring (bicyclic) bond motifs is 1. The van der Waals surface area contributed by atoms with Crippen molar-refractivity contribution in [2.45, 2.75) is 25.4 Å². The van der Waals surface area contributed by atoms with Gasteiger partial charge in [0.1, 0.15) is 5.82 Å². The van der Waals surface area contributed by atoms with Gasteiger partial charge in [-0.15, -0.1) is 0 Å². The first-order chi connectivity index (χ1) is 11.7. The third-order valence-electron chi connectivity index (χ3n) is 4.36. The fraction of sp³-hybridized carbons (Fsp3) is 0.316. The smallest absolute Gasteiger partial charge is 0.318 e. The number of urea groups is 1. The predicted molar refractivity (Wildman–Crippen MR) is 89.9 cm³/mol. The van der Waals surface area contributed by atoms with Crippen LogP contribution in [0.3, 0.4) is 0 Å². The lowest BCUT2D eigenvalue weighted by Crippen LogP contribution is -2.42. The molecule has 0 saturated carbocycles. The van der Waals surface area contributed by atoms with Gasteiger partial charge in [-0.25, -0.2) is 9.18 Å². The van der Waals surface area contributed by atoms with Crippen LogP contribution in [0, 0.1) is 5.82 Å². The molecule has 0 bridgehead atoms. The van der Waals surface area contributed by atoms with E-state index in [4.69, 9.17) is 0 Å². The summed E-state index contributed by atoms with van der Waals surface area (Å²) in [6, 6.07) is 14.0. The average molecular weight is 328 g/mol. The summed E-state index contributed by atoms with van der Waals surface area (Å²) in [6.07, 6.45) is 1.60. The molecule has 126 valence electrons. The number of rotatable bonds is 5. The molecule has 0 saturated heterocycles. The maximum absolute atomic E-state index is 13.5. The minimum atomic E-state index is -0.286. The zero-order valence-corrected chi connectivity index (χ0v) is 13.4. The monoisotopic (exact) mass is 328 g/mol. The Morgan fingerprint density at radius 2 is 2.04 bits per heavy atom. The Morgan fingerprint density at radius 1 is 1.25 bits per heavy atom. The molecule has 2 aromatic rings. The van der Waals surface area contributed by atoms with Gasteiger partial charge < -0.3 is 15.3 Å². The van der Waals surface area contributed by atoms with Crippen LogP contribution in [0.2, 0.25) is 0 Å². The van der Waals surface area contributed by atoms with Crippen LogP contribution >= 0.6 is 0 Å². The first-order valence-corrected chi connectivity index (χ1v) is 8.16. The van der Waals surface area contributed by atoms with Gasteiger partial charge in [0.05, 0.1) is 12.6 Å². The second-order valence-electron chi connectivity index (χ2n) is 6.01. The van der Waals surface area contributed by atoms with Crippen molar-refractivity contribution in [1.82, 2.24) is 10.2 Å². The minimum absolute atomic E-state index is 0.101. The Bertz CT molecular complexity index is 706. The van der Waals surface area contributed by atoms with E-state index in [1.54, 1.807) is 11.0 Å². The molecule has 0 spiro atoms. The molecule has 0 aliphatic heterocycles. The molecule has 1 aliphatic rings. The van der Waals surface area contributed by atoms with Crippen LogP contribution in [-0.2, 0) is 13.0 Å². The van der Waals surface area contributed by atoms with Crippen molar-refractivity contribution in [2.24, 2.45) is 0 Å². The number of nitrogens with one attached hydrogen (secondary N) is 1. The van der Waals surface area contributed by atoms with E-state index in [1.165, 1.54) is 12.1 Å². The second-order valence-corrected chi connectivity index (χ2v) is 6.01. The summed E-state index contributed by atoms with van der Waals surface area (Å²) < 4.78 is 13.5. The highest BCUT2D eigenvalue weighted by Gasteiger charge is 2.26. The maximum Gasteiger partial charge on any atom is 0.318 e. The van der Waals surface area contributed by atoms with Gasteiger partial charge in [0.15, 0.2) is 0 Å². The van der Waals surface area contributed by atoms with E-state index in [9.17, 15) is 14.3 Å². The number of carbonyl (C=O) groups is 1. The second kappa shape index (κ2) is 7.45. The van der Waals surface area contributed by atoms with Crippen molar-refractivity contribution in [3.05, 3.63) is 71.0 Å². The fourth-order valence-electron chi connectivity index (χ4n) is 3.14. The van der Waals surface area contributed by atoms with Crippen LogP contribution in [0.15, 0.2) is 48.5 Å². The predicted octanol–water partition coefficient (Wildman–Crippen LogP) is 3.02. The molecular formula is C19H21FN2O2. The highest BCUT2D eigenvalue weighted by Crippen LogP contribution is 2.31. The molecular weight excluding hydrogens is 307 g/mol. The van der Waals surface area contributed by atoms with Gasteiger partial charge in [-0.2, -0.15) is 0 Å². The van der Waals surface area contributed by atoms with Crippen molar-refractivity contribution in [3.8, 4) is 0 Å². The number of carbonyl (C=O) groups excluding carboxylic acids is 1. The summed E-state index contributed by atoms with van der Waals surface area (Å²) in [7, 11) is 0. The van der Waals surface area contributed by atoms with Gasteiger partial charge >= 0.3 is 6.03 Å². The van der Waals surface area contributed by atoms with Crippen molar-refractivity contribution in [3.63, 3.8) is 0 Å². The molecule has 24 heavy (non-hydrogen) atoms. The number of benzene rings is 2. The normalized spacial score (nSPS) is 15.8. The molecule has 0 aromatic heterocycles. The maximum atomic E-state index is 13.5. The van der Waals surface area contributed by atoms with Crippen LogP contribution < -0.4 is 5.32 Å². The van der Waals surface area contributed by atoms with Crippen molar-refractivity contribution in [2.75, 3.05) is 13.2 Å². The summed E-state index contributed by atoms with van der Waals surface area (Å²) in [5.41, 5.74) is 2.93. The third kappa shape index (κ3) is 3.74. The van der Waals surface area contributed by atoms with Crippen molar-refractivity contribution in [1.29, 1.82) is 0 Å². The molecule has 0 heterocycles. The molecule has 4 nitrogen and oxygen atoms in total. The highest BCUT2D eigenvalue weighted by molar-refractivity contribution is 5.75. The number of aliphatic hydroxyl groups is 1. The van der Waals surface area contributed by atoms with Crippen LogP contribution in [-0.4, -0.2) is 29.2 Å². The zero-order chi connectivity index (χ0) is 16.9. The van der Waals surface area contributed by atoms with Gasteiger partial charge in [-0.05, 0) is 41.7 Å². The molecule has 3 rings (SSSR count). The van der Waals surface area contributed by atoms with Gasteiger partial charge in [0, 0.05) is 13.1 Å². The fourth-order valence-corrected chi connectivity index (χ4v) is 3.14.